The number of methoxy groups -OCH3 is 1. The number of hydrogen-bond donors (Lipinski definition) is 2. The topological polar surface area (TPSA) is 111 Å². The minimum atomic E-state index is -0.711. The molecule has 8 heteroatoms. The highest BCUT2D eigenvalue weighted by Crippen LogP contribution is 2.19. The number of nitrogens with two attached hydrogens (primary N) is 1. The lowest BCUT2D eigenvalue weighted by molar-refractivity contribution is -0.151. The molecule has 27 heavy (non-hydrogen) atoms. The minimum Gasteiger partial charge on any atom is -0.467 e. The fourth-order valence-electron chi connectivity index (χ4n) is 3.03. The molecule has 1 fully saturated rings. The average Bonchev–Trinajstić information content (AvgIpc) is 3.18. The van der Waals surface area contributed by atoms with Crippen molar-refractivity contribution in [2.24, 2.45) is 5.73 Å². The largest absolute Gasteiger partial charge is 0.467 e. The molecule has 0 bridgehead atoms. The lowest BCUT2D eigenvalue weighted by atomic mass is 10.1. The van der Waals surface area contributed by atoms with Gasteiger partial charge in [-0.15, -0.1) is 0 Å². The highest BCUT2D eigenvalue weighted by molar-refractivity contribution is 5.88. The van der Waals surface area contributed by atoms with Crippen LogP contribution in [0.15, 0.2) is 30.3 Å². The summed E-state index contributed by atoms with van der Waals surface area (Å²) in [6.07, 6.45) is 1.78. The van der Waals surface area contributed by atoms with Gasteiger partial charge in [-0.25, -0.2) is 9.59 Å². The third-order valence-corrected chi connectivity index (χ3v) is 4.50. The zero-order valence-electron chi connectivity index (χ0n) is 15.6. The number of nitrogens with one attached hydrogen (secondary N) is 1. The number of likely N-dealkylation sites (tertiary alicyclic amines) is 1. The van der Waals surface area contributed by atoms with Crippen LogP contribution in [0, 0.1) is 0 Å². The van der Waals surface area contributed by atoms with E-state index in [0.717, 1.165) is 12.0 Å². The highest BCUT2D eigenvalue weighted by Gasteiger charge is 2.36. The van der Waals surface area contributed by atoms with Crippen molar-refractivity contribution in [3.05, 3.63) is 35.9 Å². The summed E-state index contributed by atoms with van der Waals surface area (Å²) in [5.41, 5.74) is 6.87. The fraction of sp³-hybridized carbons (Fsp3) is 0.526. The van der Waals surface area contributed by atoms with Crippen LogP contribution in [-0.2, 0) is 25.7 Å². The molecule has 1 aromatic rings. The SMILES string of the molecule is COC(=O)[C@@H]1CCCN1C(=O)C(N)CCCNC(=O)OCc1ccccc1. The molecule has 148 valence electrons. The van der Waals surface area contributed by atoms with Crippen LogP contribution >= 0.6 is 0 Å². The predicted octanol–water partition coefficient (Wildman–Crippen LogP) is 1.18. The molecule has 2 amide bonds. The van der Waals surface area contributed by atoms with Crippen molar-refractivity contribution in [2.45, 2.75) is 44.4 Å². The Bertz CT molecular complexity index is 637. The summed E-state index contributed by atoms with van der Waals surface area (Å²) >= 11 is 0. The van der Waals surface area contributed by atoms with Crippen molar-refractivity contribution in [1.29, 1.82) is 0 Å². The van der Waals surface area contributed by atoms with Crippen molar-refractivity contribution in [3.8, 4) is 0 Å². The summed E-state index contributed by atoms with van der Waals surface area (Å²) in [7, 11) is 1.31. The minimum absolute atomic E-state index is 0.203. The Hall–Kier alpha value is -2.61. The second-order valence-corrected chi connectivity index (χ2v) is 6.45. The van der Waals surface area contributed by atoms with Crippen LogP contribution in [0.5, 0.6) is 0 Å². The third kappa shape index (κ3) is 6.25. The van der Waals surface area contributed by atoms with Crippen LogP contribution in [0.25, 0.3) is 0 Å². The number of nitrogens with zero attached hydrogens (tertiary/aromatic N) is 1. The molecule has 0 radical (unpaired) electrons. The Morgan fingerprint density at radius 3 is 2.74 bits per heavy atom. The maximum absolute atomic E-state index is 12.4. The van der Waals surface area contributed by atoms with E-state index in [-0.39, 0.29) is 12.5 Å². The number of alkyl carbamates (subject to hydrolysis) is 1. The summed E-state index contributed by atoms with van der Waals surface area (Å²) in [4.78, 5) is 37.3. The monoisotopic (exact) mass is 377 g/mol. The van der Waals surface area contributed by atoms with Gasteiger partial charge in [-0.05, 0) is 31.2 Å². The predicted molar refractivity (Wildman–Crippen MR) is 98.6 cm³/mol. The number of carbonyl (C=O) groups excluding carboxylic acids is 3. The third-order valence-electron chi connectivity index (χ3n) is 4.50. The van der Waals surface area contributed by atoms with Crippen molar-refractivity contribution >= 4 is 18.0 Å². The Balaban J connectivity index is 1.65. The molecular weight excluding hydrogens is 350 g/mol. The molecule has 1 aromatic carbocycles. The number of carbonyl (C=O) groups is 3. The molecule has 1 aliphatic heterocycles. The van der Waals surface area contributed by atoms with Gasteiger partial charge in [0.2, 0.25) is 5.91 Å². The summed E-state index contributed by atoms with van der Waals surface area (Å²) in [6.45, 7) is 1.07. The van der Waals surface area contributed by atoms with Gasteiger partial charge in [-0.1, -0.05) is 30.3 Å². The number of amides is 2. The molecule has 1 saturated heterocycles. The number of ether oxygens (including phenoxy) is 2. The molecule has 0 saturated carbocycles. The van der Waals surface area contributed by atoms with Gasteiger partial charge in [0.15, 0.2) is 0 Å². The van der Waals surface area contributed by atoms with E-state index in [1.807, 2.05) is 30.3 Å². The first-order valence-electron chi connectivity index (χ1n) is 9.11. The number of rotatable bonds is 8. The van der Waals surface area contributed by atoms with E-state index in [4.69, 9.17) is 15.2 Å². The average molecular weight is 377 g/mol. The van der Waals surface area contributed by atoms with E-state index in [2.05, 4.69) is 5.32 Å². The van der Waals surface area contributed by atoms with E-state index in [9.17, 15) is 14.4 Å². The molecule has 8 nitrogen and oxygen atoms in total. The summed E-state index contributed by atoms with van der Waals surface area (Å²) in [5, 5.41) is 2.64. The maximum Gasteiger partial charge on any atom is 0.407 e. The molecule has 0 aromatic heterocycles. The van der Waals surface area contributed by atoms with Crippen LogP contribution in [0.1, 0.15) is 31.2 Å². The van der Waals surface area contributed by atoms with Gasteiger partial charge >= 0.3 is 12.1 Å². The molecular formula is C19H27N3O5. The number of hydrogen-bond acceptors (Lipinski definition) is 6. The first-order chi connectivity index (χ1) is 13.0. The Labute approximate surface area is 159 Å². The summed E-state index contributed by atoms with van der Waals surface area (Å²) in [6, 6.07) is 8.14. The Morgan fingerprint density at radius 2 is 2.04 bits per heavy atom. The Kier molecular flexibility index (Phi) is 8.06. The van der Waals surface area contributed by atoms with E-state index < -0.39 is 24.1 Å². The number of esters is 1. The molecule has 2 atom stereocenters. The van der Waals surface area contributed by atoms with E-state index in [1.165, 1.54) is 12.0 Å². The maximum atomic E-state index is 12.4. The molecule has 1 aliphatic rings. The second-order valence-electron chi connectivity index (χ2n) is 6.45. The van der Waals surface area contributed by atoms with Crippen molar-refractivity contribution < 1.29 is 23.9 Å². The van der Waals surface area contributed by atoms with Gasteiger partial charge in [0.25, 0.3) is 0 Å². The summed E-state index contributed by atoms with van der Waals surface area (Å²) in [5.74, 6) is -0.662. The molecule has 0 aliphatic carbocycles. The zero-order valence-corrected chi connectivity index (χ0v) is 15.6. The van der Waals surface area contributed by atoms with Gasteiger partial charge in [-0.2, -0.15) is 0 Å². The van der Waals surface area contributed by atoms with Crippen LogP contribution in [0.4, 0.5) is 4.79 Å². The smallest absolute Gasteiger partial charge is 0.407 e. The summed E-state index contributed by atoms with van der Waals surface area (Å²) < 4.78 is 9.85. The van der Waals surface area contributed by atoms with Gasteiger partial charge in [-0.3, -0.25) is 4.79 Å². The quantitative estimate of drug-likeness (QED) is 0.520. The lowest BCUT2D eigenvalue weighted by Gasteiger charge is -2.25. The van der Waals surface area contributed by atoms with Crippen molar-refractivity contribution in [3.63, 3.8) is 0 Å². The lowest BCUT2D eigenvalue weighted by Crippen LogP contribution is -2.48. The first kappa shape index (κ1) is 20.7. The van der Waals surface area contributed by atoms with Gasteiger partial charge in [0.1, 0.15) is 12.6 Å². The van der Waals surface area contributed by atoms with Crippen LogP contribution in [-0.4, -0.2) is 55.2 Å². The van der Waals surface area contributed by atoms with E-state index >= 15 is 0 Å². The van der Waals surface area contributed by atoms with Gasteiger partial charge in [0, 0.05) is 13.1 Å². The molecule has 3 N–H and O–H groups in total. The highest BCUT2D eigenvalue weighted by atomic mass is 16.5. The molecule has 2 rings (SSSR count). The zero-order chi connectivity index (χ0) is 19.6. The molecule has 1 heterocycles. The van der Waals surface area contributed by atoms with Crippen molar-refractivity contribution in [2.75, 3.05) is 20.2 Å². The number of benzene rings is 1. The van der Waals surface area contributed by atoms with Gasteiger partial charge in [0.05, 0.1) is 13.2 Å². The molecule has 0 spiro atoms. The Morgan fingerprint density at radius 1 is 1.30 bits per heavy atom. The second kappa shape index (κ2) is 10.5. The fourth-order valence-corrected chi connectivity index (χ4v) is 3.03. The normalized spacial score (nSPS) is 17.3. The van der Waals surface area contributed by atoms with Gasteiger partial charge < -0.3 is 25.4 Å². The van der Waals surface area contributed by atoms with Crippen LogP contribution in [0.3, 0.4) is 0 Å². The standard InChI is InChI=1S/C19H27N3O5/c1-26-18(24)16-10-6-12-22(16)17(23)15(20)9-5-11-21-19(25)27-13-14-7-3-2-4-8-14/h2-4,7-8,15-16H,5-6,9-13,20H2,1H3,(H,21,25)/t15?,16-/m0/s1. The first-order valence-corrected chi connectivity index (χ1v) is 9.11. The van der Waals surface area contributed by atoms with E-state index in [1.54, 1.807) is 0 Å². The molecule has 1 unspecified atom stereocenters. The van der Waals surface area contributed by atoms with E-state index in [0.29, 0.717) is 32.4 Å². The van der Waals surface area contributed by atoms with Crippen LogP contribution < -0.4 is 11.1 Å². The van der Waals surface area contributed by atoms with Crippen molar-refractivity contribution in [1.82, 2.24) is 10.2 Å². The van der Waals surface area contributed by atoms with Crippen LogP contribution in [0.2, 0.25) is 0 Å².